The number of benzene rings is 1. The fourth-order valence-electron chi connectivity index (χ4n) is 2.03. The summed E-state index contributed by atoms with van der Waals surface area (Å²) in [5.74, 6) is 0.589. The topological polar surface area (TPSA) is 30.7 Å². The highest BCUT2D eigenvalue weighted by Crippen LogP contribution is 2.31. The molecule has 0 amide bonds. The molecule has 0 radical (unpaired) electrons. The Balaban J connectivity index is 2.17. The smallest absolute Gasteiger partial charge is 0.186 e. The molecule has 0 unspecified atom stereocenters. The summed E-state index contributed by atoms with van der Waals surface area (Å²) in [6, 6.07) is 4.55. The molecule has 6 heteroatoms. The van der Waals surface area contributed by atoms with Crippen molar-refractivity contribution in [2.45, 2.75) is 6.92 Å². The SMILES string of the molecule is Cc1cscc1-c1nc(-c2c(F)cccc2Cl)nn1C. The molecule has 2 heterocycles. The third kappa shape index (κ3) is 2.13. The van der Waals surface area contributed by atoms with Crippen molar-refractivity contribution in [3.8, 4) is 22.8 Å². The maximum atomic E-state index is 13.9. The largest absolute Gasteiger partial charge is 0.248 e. The first-order chi connectivity index (χ1) is 9.58. The van der Waals surface area contributed by atoms with Gasteiger partial charge in [-0.2, -0.15) is 16.4 Å². The number of nitrogens with zero attached hydrogens (tertiary/aromatic N) is 3. The standard InChI is InChI=1S/C14H11ClFN3S/c1-8-6-20-7-9(8)14-17-13(18-19(14)2)12-10(15)4-3-5-11(12)16/h3-7H,1-2H3. The summed E-state index contributed by atoms with van der Waals surface area (Å²) in [7, 11) is 1.79. The number of hydrogen-bond donors (Lipinski definition) is 0. The minimum atomic E-state index is -0.420. The number of rotatable bonds is 2. The lowest BCUT2D eigenvalue weighted by Gasteiger charge is -2.00. The highest BCUT2D eigenvalue weighted by Gasteiger charge is 2.18. The molecule has 0 fully saturated rings. The fourth-order valence-corrected chi connectivity index (χ4v) is 3.10. The maximum absolute atomic E-state index is 13.9. The Morgan fingerprint density at radius 1 is 1.30 bits per heavy atom. The van der Waals surface area contributed by atoms with Gasteiger partial charge in [0.05, 0.1) is 10.6 Å². The normalized spacial score (nSPS) is 11.0. The van der Waals surface area contributed by atoms with Crippen LogP contribution in [-0.4, -0.2) is 14.8 Å². The van der Waals surface area contributed by atoms with Gasteiger partial charge in [0, 0.05) is 18.0 Å². The molecule has 3 nitrogen and oxygen atoms in total. The molecule has 0 saturated carbocycles. The number of aromatic nitrogens is 3. The summed E-state index contributed by atoms with van der Waals surface area (Å²) in [6.07, 6.45) is 0. The second-order valence-electron chi connectivity index (χ2n) is 4.45. The zero-order valence-corrected chi connectivity index (χ0v) is 12.5. The van der Waals surface area contributed by atoms with Crippen LogP contribution in [0.15, 0.2) is 29.0 Å². The van der Waals surface area contributed by atoms with Crippen molar-refractivity contribution in [1.29, 1.82) is 0 Å². The Labute approximate surface area is 124 Å². The van der Waals surface area contributed by atoms with Gasteiger partial charge in [0.2, 0.25) is 0 Å². The number of halogens is 2. The zero-order valence-electron chi connectivity index (χ0n) is 10.9. The predicted molar refractivity (Wildman–Crippen MR) is 79.5 cm³/mol. The predicted octanol–water partition coefficient (Wildman–Crippen LogP) is 4.31. The Morgan fingerprint density at radius 2 is 2.10 bits per heavy atom. The Kier molecular flexibility index (Phi) is 3.31. The van der Waals surface area contributed by atoms with Crippen LogP contribution in [0.4, 0.5) is 4.39 Å². The van der Waals surface area contributed by atoms with Gasteiger partial charge in [-0.1, -0.05) is 17.7 Å². The molecule has 1 aromatic carbocycles. The van der Waals surface area contributed by atoms with Crippen LogP contribution in [-0.2, 0) is 7.05 Å². The highest BCUT2D eigenvalue weighted by atomic mass is 35.5. The van der Waals surface area contributed by atoms with E-state index in [1.54, 1.807) is 35.2 Å². The van der Waals surface area contributed by atoms with Crippen LogP contribution in [0.2, 0.25) is 5.02 Å². The van der Waals surface area contributed by atoms with Crippen molar-refractivity contribution in [2.24, 2.45) is 7.05 Å². The first-order valence-corrected chi connectivity index (χ1v) is 7.28. The number of thiophene rings is 1. The third-order valence-electron chi connectivity index (χ3n) is 3.05. The fraction of sp³-hybridized carbons (Fsp3) is 0.143. The average Bonchev–Trinajstić information content (AvgIpc) is 2.95. The van der Waals surface area contributed by atoms with E-state index < -0.39 is 5.82 Å². The Bertz CT molecular complexity index is 758. The molecule has 0 N–H and O–H groups in total. The summed E-state index contributed by atoms with van der Waals surface area (Å²) >= 11 is 7.65. The van der Waals surface area contributed by atoms with Crippen molar-refractivity contribution in [3.05, 3.63) is 45.4 Å². The Hall–Kier alpha value is -1.72. The Morgan fingerprint density at radius 3 is 2.75 bits per heavy atom. The van der Waals surface area contributed by atoms with E-state index in [0.29, 0.717) is 16.7 Å². The van der Waals surface area contributed by atoms with Crippen molar-refractivity contribution in [2.75, 3.05) is 0 Å². The van der Waals surface area contributed by atoms with Gasteiger partial charge in [0.1, 0.15) is 5.82 Å². The molecular weight excluding hydrogens is 297 g/mol. The van der Waals surface area contributed by atoms with Gasteiger partial charge < -0.3 is 0 Å². The van der Waals surface area contributed by atoms with E-state index in [1.165, 1.54) is 6.07 Å². The van der Waals surface area contributed by atoms with Gasteiger partial charge in [-0.05, 0) is 30.0 Å². The number of aryl methyl sites for hydroxylation is 2. The molecule has 3 aromatic rings. The first kappa shape index (κ1) is 13.3. The van der Waals surface area contributed by atoms with Crippen LogP contribution in [0.5, 0.6) is 0 Å². The van der Waals surface area contributed by atoms with Crippen molar-refractivity contribution < 1.29 is 4.39 Å². The van der Waals surface area contributed by atoms with Crippen LogP contribution >= 0.6 is 22.9 Å². The van der Waals surface area contributed by atoms with Gasteiger partial charge in [-0.15, -0.1) is 0 Å². The third-order valence-corrected chi connectivity index (χ3v) is 4.22. The van der Waals surface area contributed by atoms with E-state index in [2.05, 4.69) is 10.1 Å². The van der Waals surface area contributed by atoms with Gasteiger partial charge in [-0.25, -0.2) is 14.1 Å². The monoisotopic (exact) mass is 307 g/mol. The van der Waals surface area contributed by atoms with Crippen LogP contribution in [0, 0.1) is 12.7 Å². The summed E-state index contributed by atoms with van der Waals surface area (Å²) in [4.78, 5) is 4.44. The first-order valence-electron chi connectivity index (χ1n) is 5.96. The van der Waals surface area contributed by atoms with Crippen molar-refractivity contribution >= 4 is 22.9 Å². The zero-order chi connectivity index (χ0) is 14.3. The van der Waals surface area contributed by atoms with Crippen molar-refractivity contribution in [3.63, 3.8) is 0 Å². The quantitative estimate of drug-likeness (QED) is 0.706. The van der Waals surface area contributed by atoms with Crippen LogP contribution in [0.25, 0.3) is 22.8 Å². The van der Waals surface area contributed by atoms with Crippen LogP contribution in [0.3, 0.4) is 0 Å². The lowest BCUT2D eigenvalue weighted by atomic mass is 10.2. The molecule has 102 valence electrons. The molecule has 0 aliphatic rings. The molecule has 0 aliphatic carbocycles. The van der Waals surface area contributed by atoms with Crippen molar-refractivity contribution in [1.82, 2.24) is 14.8 Å². The minimum absolute atomic E-state index is 0.240. The van der Waals surface area contributed by atoms with Gasteiger partial charge in [0.15, 0.2) is 11.6 Å². The molecule has 0 bridgehead atoms. The minimum Gasteiger partial charge on any atom is -0.248 e. The van der Waals surface area contributed by atoms with E-state index >= 15 is 0 Å². The molecule has 0 saturated heterocycles. The molecule has 0 aliphatic heterocycles. The summed E-state index contributed by atoms with van der Waals surface area (Å²) in [5.41, 5.74) is 2.37. The van der Waals surface area contributed by atoms with Crippen LogP contribution < -0.4 is 0 Å². The molecule has 2 aromatic heterocycles. The van der Waals surface area contributed by atoms with Gasteiger partial charge in [-0.3, -0.25) is 0 Å². The molecule has 0 atom stereocenters. The molecule has 0 spiro atoms. The summed E-state index contributed by atoms with van der Waals surface area (Å²) in [5, 5.41) is 8.64. The van der Waals surface area contributed by atoms with E-state index in [4.69, 9.17) is 11.6 Å². The molecular formula is C14H11ClFN3S. The van der Waals surface area contributed by atoms with Gasteiger partial charge >= 0.3 is 0 Å². The van der Waals surface area contributed by atoms with Crippen LogP contribution in [0.1, 0.15) is 5.56 Å². The second-order valence-corrected chi connectivity index (χ2v) is 5.60. The lowest BCUT2D eigenvalue weighted by Crippen LogP contribution is -1.94. The average molecular weight is 308 g/mol. The lowest BCUT2D eigenvalue weighted by molar-refractivity contribution is 0.629. The van der Waals surface area contributed by atoms with E-state index in [9.17, 15) is 4.39 Å². The van der Waals surface area contributed by atoms with Gasteiger partial charge in [0.25, 0.3) is 0 Å². The molecule has 20 heavy (non-hydrogen) atoms. The van der Waals surface area contributed by atoms with E-state index in [-0.39, 0.29) is 5.56 Å². The maximum Gasteiger partial charge on any atom is 0.186 e. The van der Waals surface area contributed by atoms with E-state index in [1.807, 2.05) is 17.7 Å². The second kappa shape index (κ2) is 5.00. The van der Waals surface area contributed by atoms with E-state index in [0.717, 1.165) is 11.1 Å². The summed E-state index contributed by atoms with van der Waals surface area (Å²) < 4.78 is 15.6. The highest BCUT2D eigenvalue weighted by molar-refractivity contribution is 7.08. The number of hydrogen-bond acceptors (Lipinski definition) is 3. The summed E-state index contributed by atoms with van der Waals surface area (Å²) in [6.45, 7) is 2.01. The molecule has 3 rings (SSSR count).